The predicted molar refractivity (Wildman–Crippen MR) is 144 cm³/mol. The molecule has 2 N–H and O–H groups in total. The molecule has 0 radical (unpaired) electrons. The summed E-state index contributed by atoms with van der Waals surface area (Å²) in [5, 5.41) is 7.84. The Labute approximate surface area is 205 Å². The van der Waals surface area contributed by atoms with Crippen LogP contribution in [0.2, 0.25) is 0 Å². The Balaban J connectivity index is 1.74. The van der Waals surface area contributed by atoms with E-state index in [2.05, 4.69) is 135 Å². The molecule has 0 heterocycles. The summed E-state index contributed by atoms with van der Waals surface area (Å²) >= 11 is 0. The average Bonchev–Trinajstić information content (AvgIpc) is 2.81. The first kappa shape index (κ1) is 23.9. The molecule has 0 aliphatic rings. The van der Waals surface area contributed by atoms with E-state index in [4.69, 9.17) is 0 Å². The average molecular weight is 449 g/mol. The van der Waals surface area contributed by atoms with Gasteiger partial charge in [0.1, 0.15) is 0 Å². The lowest BCUT2D eigenvalue weighted by Gasteiger charge is -2.31. The molecule has 4 rings (SSSR count). The summed E-state index contributed by atoms with van der Waals surface area (Å²) in [5.74, 6) is 0. The maximum atomic E-state index is 3.92. The van der Waals surface area contributed by atoms with Crippen molar-refractivity contribution < 1.29 is 0 Å². The van der Waals surface area contributed by atoms with Crippen molar-refractivity contribution >= 4 is 0 Å². The summed E-state index contributed by atoms with van der Waals surface area (Å²) in [7, 11) is 0. The van der Waals surface area contributed by atoms with Gasteiger partial charge in [0.2, 0.25) is 0 Å². The van der Waals surface area contributed by atoms with Gasteiger partial charge in [-0.25, -0.2) is 0 Å². The van der Waals surface area contributed by atoms with Crippen LogP contribution in [-0.4, -0.2) is 0 Å². The van der Waals surface area contributed by atoms with Crippen molar-refractivity contribution in [2.75, 3.05) is 0 Å². The highest BCUT2D eigenvalue weighted by atomic mass is 15.0. The minimum atomic E-state index is 0.115. The standard InChI is InChI=1S/C32H36N2/c1-23-15-24(2)18-29(17-23)31(33-21-27-11-7-5-8-12-27)32(30-19-25(3)16-26(4)20-30)34-22-28-13-9-6-10-14-28/h5-20,31-34H,21-22H2,1-4H3. The van der Waals surface area contributed by atoms with Gasteiger partial charge in [-0.15, -0.1) is 0 Å². The van der Waals surface area contributed by atoms with Gasteiger partial charge in [-0.2, -0.15) is 0 Å². The summed E-state index contributed by atoms with van der Waals surface area (Å²) in [5.41, 5.74) is 10.4. The van der Waals surface area contributed by atoms with Crippen LogP contribution >= 0.6 is 0 Å². The van der Waals surface area contributed by atoms with Gasteiger partial charge in [0.15, 0.2) is 0 Å². The van der Waals surface area contributed by atoms with Gasteiger partial charge in [-0.3, -0.25) is 0 Å². The Morgan fingerprint density at radius 2 is 0.794 bits per heavy atom. The maximum Gasteiger partial charge on any atom is 0.0521 e. The van der Waals surface area contributed by atoms with Gasteiger partial charge in [-0.05, 0) is 49.9 Å². The third-order valence-corrected chi connectivity index (χ3v) is 6.28. The number of aryl methyl sites for hydroxylation is 4. The molecular formula is C32H36N2. The van der Waals surface area contributed by atoms with E-state index in [0.29, 0.717) is 0 Å². The van der Waals surface area contributed by atoms with Crippen molar-refractivity contribution in [3.05, 3.63) is 142 Å². The highest BCUT2D eigenvalue weighted by Crippen LogP contribution is 2.32. The van der Waals surface area contributed by atoms with E-state index in [1.807, 2.05) is 0 Å². The summed E-state index contributed by atoms with van der Waals surface area (Å²) in [4.78, 5) is 0. The molecular weight excluding hydrogens is 412 g/mol. The number of benzene rings is 4. The molecule has 174 valence electrons. The van der Waals surface area contributed by atoms with Crippen molar-refractivity contribution in [1.82, 2.24) is 10.6 Å². The number of rotatable bonds is 9. The minimum Gasteiger partial charge on any atom is -0.304 e. The fourth-order valence-corrected chi connectivity index (χ4v) is 4.88. The lowest BCUT2D eigenvalue weighted by Crippen LogP contribution is -2.35. The Morgan fingerprint density at radius 1 is 0.471 bits per heavy atom. The molecule has 0 fully saturated rings. The van der Waals surface area contributed by atoms with Crippen LogP contribution in [0.25, 0.3) is 0 Å². The Kier molecular flexibility index (Phi) is 7.95. The van der Waals surface area contributed by atoms with Crippen molar-refractivity contribution in [1.29, 1.82) is 0 Å². The minimum absolute atomic E-state index is 0.115. The number of nitrogens with one attached hydrogen (secondary N) is 2. The Morgan fingerprint density at radius 3 is 1.12 bits per heavy atom. The highest BCUT2D eigenvalue weighted by molar-refractivity contribution is 5.37. The second-order valence-corrected chi connectivity index (χ2v) is 9.53. The van der Waals surface area contributed by atoms with Crippen LogP contribution in [0.15, 0.2) is 97.1 Å². The molecule has 0 amide bonds. The topological polar surface area (TPSA) is 24.1 Å². The SMILES string of the molecule is Cc1cc(C)cc(C(NCc2ccccc2)C(NCc2ccccc2)c2cc(C)cc(C)c2)c1. The summed E-state index contributed by atoms with van der Waals surface area (Å²) in [6, 6.07) is 35.4. The number of hydrogen-bond acceptors (Lipinski definition) is 2. The van der Waals surface area contributed by atoms with Crippen LogP contribution in [0.5, 0.6) is 0 Å². The van der Waals surface area contributed by atoms with E-state index in [0.717, 1.165) is 13.1 Å². The molecule has 34 heavy (non-hydrogen) atoms. The number of hydrogen-bond donors (Lipinski definition) is 2. The molecule has 0 saturated heterocycles. The van der Waals surface area contributed by atoms with Crippen molar-refractivity contribution in [3.8, 4) is 0 Å². The van der Waals surface area contributed by atoms with Crippen LogP contribution in [0.1, 0.15) is 56.6 Å². The van der Waals surface area contributed by atoms with Crippen LogP contribution in [-0.2, 0) is 13.1 Å². The third-order valence-electron chi connectivity index (χ3n) is 6.28. The van der Waals surface area contributed by atoms with Gasteiger partial charge in [0.05, 0.1) is 12.1 Å². The molecule has 4 aromatic carbocycles. The lowest BCUT2D eigenvalue weighted by molar-refractivity contribution is 0.380. The molecule has 2 unspecified atom stereocenters. The third kappa shape index (κ3) is 6.44. The van der Waals surface area contributed by atoms with Crippen molar-refractivity contribution in [2.45, 2.75) is 52.9 Å². The van der Waals surface area contributed by atoms with Gasteiger partial charge < -0.3 is 10.6 Å². The van der Waals surface area contributed by atoms with E-state index in [9.17, 15) is 0 Å². The molecule has 0 spiro atoms. The normalized spacial score (nSPS) is 12.9. The fourth-order valence-electron chi connectivity index (χ4n) is 4.88. The zero-order valence-electron chi connectivity index (χ0n) is 20.8. The van der Waals surface area contributed by atoms with Crippen LogP contribution in [0.4, 0.5) is 0 Å². The summed E-state index contributed by atoms with van der Waals surface area (Å²) in [6.07, 6.45) is 0. The lowest BCUT2D eigenvalue weighted by atomic mass is 9.89. The molecule has 2 nitrogen and oxygen atoms in total. The summed E-state index contributed by atoms with van der Waals surface area (Å²) < 4.78 is 0. The van der Waals surface area contributed by atoms with Gasteiger partial charge in [-0.1, -0.05) is 119 Å². The Bertz CT molecular complexity index is 1060. The molecule has 2 atom stereocenters. The van der Waals surface area contributed by atoms with Gasteiger partial charge in [0.25, 0.3) is 0 Å². The van der Waals surface area contributed by atoms with Crippen LogP contribution < -0.4 is 10.6 Å². The molecule has 0 aliphatic heterocycles. The van der Waals surface area contributed by atoms with E-state index >= 15 is 0 Å². The van der Waals surface area contributed by atoms with Crippen LogP contribution in [0.3, 0.4) is 0 Å². The fraction of sp³-hybridized carbons (Fsp3) is 0.250. The first-order valence-corrected chi connectivity index (χ1v) is 12.2. The van der Waals surface area contributed by atoms with Gasteiger partial charge in [0, 0.05) is 13.1 Å². The second-order valence-electron chi connectivity index (χ2n) is 9.53. The molecule has 2 heteroatoms. The highest BCUT2D eigenvalue weighted by Gasteiger charge is 2.25. The van der Waals surface area contributed by atoms with E-state index in [1.165, 1.54) is 44.5 Å². The smallest absolute Gasteiger partial charge is 0.0521 e. The van der Waals surface area contributed by atoms with E-state index in [1.54, 1.807) is 0 Å². The Hall–Kier alpha value is -3.20. The molecule has 0 aromatic heterocycles. The van der Waals surface area contributed by atoms with Crippen molar-refractivity contribution in [3.63, 3.8) is 0 Å². The maximum absolute atomic E-state index is 3.92. The molecule has 0 aliphatic carbocycles. The van der Waals surface area contributed by atoms with Crippen molar-refractivity contribution in [2.24, 2.45) is 0 Å². The largest absolute Gasteiger partial charge is 0.304 e. The monoisotopic (exact) mass is 448 g/mol. The predicted octanol–water partition coefficient (Wildman–Crippen LogP) is 7.28. The summed E-state index contributed by atoms with van der Waals surface area (Å²) in [6.45, 7) is 10.4. The van der Waals surface area contributed by atoms with E-state index in [-0.39, 0.29) is 12.1 Å². The van der Waals surface area contributed by atoms with Gasteiger partial charge >= 0.3 is 0 Å². The first-order chi connectivity index (χ1) is 16.5. The first-order valence-electron chi connectivity index (χ1n) is 12.2. The zero-order valence-corrected chi connectivity index (χ0v) is 20.8. The zero-order chi connectivity index (χ0) is 23.9. The molecule has 0 saturated carbocycles. The van der Waals surface area contributed by atoms with E-state index < -0.39 is 0 Å². The second kappa shape index (κ2) is 11.3. The molecule has 0 bridgehead atoms. The molecule has 4 aromatic rings. The quantitative estimate of drug-likeness (QED) is 0.281. The van der Waals surface area contributed by atoms with Crippen LogP contribution in [0, 0.1) is 27.7 Å².